The molecule has 0 heterocycles. The molecule has 0 saturated heterocycles. The standard InChI is InChI=1S/C12H22N2O6/c1-3-20-11(17)5-4-6-13-12(18)14-8-9(19-2)7-10(15)16/h9H,3-8H2,1-2H3,(H,15,16)(H2,13,14,18). The molecule has 0 aliphatic rings. The molecule has 0 radical (unpaired) electrons. The minimum absolute atomic E-state index is 0.104. The number of carboxylic acids is 1. The van der Waals surface area contributed by atoms with Crippen molar-refractivity contribution in [1.29, 1.82) is 0 Å². The van der Waals surface area contributed by atoms with Crippen molar-refractivity contribution in [2.75, 3.05) is 26.8 Å². The molecule has 116 valence electrons. The van der Waals surface area contributed by atoms with Crippen LogP contribution in [0.1, 0.15) is 26.2 Å². The number of hydrogen-bond acceptors (Lipinski definition) is 5. The van der Waals surface area contributed by atoms with E-state index >= 15 is 0 Å². The molecule has 0 fully saturated rings. The van der Waals surface area contributed by atoms with Gasteiger partial charge >= 0.3 is 18.0 Å². The highest BCUT2D eigenvalue weighted by molar-refractivity contribution is 5.74. The highest BCUT2D eigenvalue weighted by atomic mass is 16.5. The molecule has 0 aliphatic heterocycles. The lowest BCUT2D eigenvalue weighted by molar-refractivity contribution is -0.143. The van der Waals surface area contributed by atoms with Crippen LogP contribution in [0.15, 0.2) is 0 Å². The highest BCUT2D eigenvalue weighted by Crippen LogP contribution is 1.95. The summed E-state index contributed by atoms with van der Waals surface area (Å²) in [4.78, 5) is 32.9. The normalized spacial score (nSPS) is 11.5. The van der Waals surface area contributed by atoms with E-state index in [1.807, 2.05) is 0 Å². The van der Waals surface area contributed by atoms with Gasteiger partial charge in [0.2, 0.25) is 0 Å². The van der Waals surface area contributed by atoms with Crippen molar-refractivity contribution in [3.63, 3.8) is 0 Å². The Morgan fingerprint density at radius 1 is 1.25 bits per heavy atom. The highest BCUT2D eigenvalue weighted by Gasteiger charge is 2.13. The van der Waals surface area contributed by atoms with Crippen LogP contribution in [0, 0.1) is 0 Å². The number of hydrogen-bond donors (Lipinski definition) is 3. The second-order valence-corrected chi connectivity index (χ2v) is 4.00. The maximum atomic E-state index is 11.4. The van der Waals surface area contributed by atoms with Gasteiger partial charge in [-0.3, -0.25) is 9.59 Å². The van der Waals surface area contributed by atoms with Crippen molar-refractivity contribution in [2.24, 2.45) is 0 Å². The summed E-state index contributed by atoms with van der Waals surface area (Å²) in [5.41, 5.74) is 0. The predicted octanol–water partition coefficient (Wildman–Crippen LogP) is 0.119. The lowest BCUT2D eigenvalue weighted by Gasteiger charge is -2.14. The van der Waals surface area contributed by atoms with E-state index < -0.39 is 18.1 Å². The minimum atomic E-state index is -0.992. The molecule has 1 unspecified atom stereocenters. The van der Waals surface area contributed by atoms with Gasteiger partial charge in [0.25, 0.3) is 0 Å². The molecule has 0 aliphatic carbocycles. The number of carboxylic acid groups (broad SMARTS) is 1. The fourth-order valence-corrected chi connectivity index (χ4v) is 1.37. The topological polar surface area (TPSA) is 114 Å². The molecule has 0 bridgehead atoms. The third-order valence-corrected chi connectivity index (χ3v) is 2.37. The van der Waals surface area contributed by atoms with Gasteiger partial charge in [-0.15, -0.1) is 0 Å². The quantitative estimate of drug-likeness (QED) is 0.389. The van der Waals surface area contributed by atoms with Crippen LogP contribution < -0.4 is 10.6 Å². The molecule has 0 aromatic carbocycles. The van der Waals surface area contributed by atoms with Crippen LogP contribution in [0.3, 0.4) is 0 Å². The molecule has 20 heavy (non-hydrogen) atoms. The van der Waals surface area contributed by atoms with Gasteiger partial charge in [0, 0.05) is 26.6 Å². The van der Waals surface area contributed by atoms with E-state index in [1.54, 1.807) is 6.92 Å². The number of amides is 2. The lowest BCUT2D eigenvalue weighted by Crippen LogP contribution is -2.41. The first-order valence-electron chi connectivity index (χ1n) is 6.41. The van der Waals surface area contributed by atoms with Crippen LogP contribution in [0.4, 0.5) is 4.79 Å². The monoisotopic (exact) mass is 290 g/mol. The fraction of sp³-hybridized carbons (Fsp3) is 0.750. The van der Waals surface area contributed by atoms with Crippen molar-refractivity contribution in [3.05, 3.63) is 0 Å². The van der Waals surface area contributed by atoms with E-state index in [4.69, 9.17) is 14.6 Å². The van der Waals surface area contributed by atoms with Gasteiger partial charge in [-0.25, -0.2) is 4.79 Å². The molecular formula is C12H22N2O6. The number of carbonyl (C=O) groups excluding carboxylic acids is 2. The van der Waals surface area contributed by atoms with Crippen molar-refractivity contribution in [1.82, 2.24) is 10.6 Å². The molecule has 8 nitrogen and oxygen atoms in total. The first kappa shape index (κ1) is 18.2. The summed E-state index contributed by atoms with van der Waals surface area (Å²) in [5, 5.41) is 13.6. The number of rotatable bonds is 10. The minimum Gasteiger partial charge on any atom is -0.481 e. The summed E-state index contributed by atoms with van der Waals surface area (Å²) in [6, 6.07) is -0.429. The van der Waals surface area contributed by atoms with E-state index in [0.29, 0.717) is 19.6 Å². The summed E-state index contributed by atoms with van der Waals surface area (Å²) in [6.45, 7) is 2.51. The Bertz CT molecular complexity index is 321. The Kier molecular flexibility index (Phi) is 10.0. The molecule has 0 aromatic rings. The molecule has 2 amide bonds. The van der Waals surface area contributed by atoms with E-state index in [9.17, 15) is 14.4 Å². The van der Waals surface area contributed by atoms with E-state index in [-0.39, 0.29) is 25.4 Å². The zero-order valence-electron chi connectivity index (χ0n) is 11.8. The number of carbonyl (C=O) groups is 3. The Labute approximate surface area is 117 Å². The Morgan fingerprint density at radius 3 is 2.50 bits per heavy atom. The molecular weight excluding hydrogens is 268 g/mol. The van der Waals surface area contributed by atoms with Gasteiger partial charge in [-0.2, -0.15) is 0 Å². The van der Waals surface area contributed by atoms with Crippen LogP contribution >= 0.6 is 0 Å². The third-order valence-electron chi connectivity index (χ3n) is 2.37. The number of aliphatic carboxylic acids is 1. The first-order valence-corrected chi connectivity index (χ1v) is 6.41. The maximum Gasteiger partial charge on any atom is 0.314 e. The second kappa shape index (κ2) is 11.0. The molecule has 8 heteroatoms. The van der Waals surface area contributed by atoms with Crippen LogP contribution in [0.2, 0.25) is 0 Å². The van der Waals surface area contributed by atoms with Gasteiger partial charge < -0.3 is 25.2 Å². The summed E-state index contributed by atoms with van der Waals surface area (Å²) in [5.74, 6) is -1.29. The SMILES string of the molecule is CCOC(=O)CCCNC(=O)NCC(CC(=O)O)OC. The molecule has 1 atom stereocenters. The predicted molar refractivity (Wildman–Crippen MR) is 70.3 cm³/mol. The van der Waals surface area contributed by atoms with Gasteiger partial charge in [0.05, 0.1) is 19.1 Å². The number of nitrogens with one attached hydrogen (secondary N) is 2. The van der Waals surface area contributed by atoms with Crippen molar-refractivity contribution >= 4 is 18.0 Å². The summed E-state index contributed by atoms with van der Waals surface area (Å²) in [6.07, 6.45) is -0.0273. The zero-order chi connectivity index (χ0) is 15.4. The van der Waals surface area contributed by atoms with E-state index in [1.165, 1.54) is 7.11 Å². The molecule has 0 saturated carbocycles. The van der Waals surface area contributed by atoms with Crippen LogP contribution in [0.5, 0.6) is 0 Å². The number of ether oxygens (including phenoxy) is 2. The molecule has 0 spiro atoms. The average molecular weight is 290 g/mol. The molecule has 3 N–H and O–H groups in total. The van der Waals surface area contributed by atoms with E-state index in [0.717, 1.165) is 0 Å². The average Bonchev–Trinajstić information content (AvgIpc) is 2.39. The maximum absolute atomic E-state index is 11.4. The fourth-order valence-electron chi connectivity index (χ4n) is 1.37. The Morgan fingerprint density at radius 2 is 1.95 bits per heavy atom. The smallest absolute Gasteiger partial charge is 0.314 e. The number of urea groups is 1. The Balaban J connectivity index is 3.67. The van der Waals surface area contributed by atoms with E-state index in [2.05, 4.69) is 10.6 Å². The summed E-state index contributed by atoms with van der Waals surface area (Å²) < 4.78 is 9.65. The van der Waals surface area contributed by atoms with Crippen LogP contribution in [0.25, 0.3) is 0 Å². The molecule has 0 rings (SSSR count). The lowest BCUT2D eigenvalue weighted by atomic mass is 10.2. The van der Waals surface area contributed by atoms with Gasteiger partial charge in [-0.05, 0) is 13.3 Å². The zero-order valence-corrected chi connectivity index (χ0v) is 11.8. The van der Waals surface area contributed by atoms with Crippen molar-refractivity contribution in [2.45, 2.75) is 32.3 Å². The summed E-state index contributed by atoms with van der Waals surface area (Å²) in [7, 11) is 1.38. The summed E-state index contributed by atoms with van der Waals surface area (Å²) >= 11 is 0. The largest absolute Gasteiger partial charge is 0.481 e. The van der Waals surface area contributed by atoms with Crippen LogP contribution in [-0.2, 0) is 19.1 Å². The van der Waals surface area contributed by atoms with Gasteiger partial charge in [0.1, 0.15) is 0 Å². The van der Waals surface area contributed by atoms with Crippen molar-refractivity contribution in [3.8, 4) is 0 Å². The number of esters is 1. The van der Waals surface area contributed by atoms with Gasteiger partial charge in [-0.1, -0.05) is 0 Å². The molecule has 0 aromatic heterocycles. The Hall–Kier alpha value is -1.83. The van der Waals surface area contributed by atoms with Gasteiger partial charge in [0.15, 0.2) is 0 Å². The third kappa shape index (κ3) is 10.1. The number of methoxy groups -OCH3 is 1. The second-order valence-electron chi connectivity index (χ2n) is 4.00. The van der Waals surface area contributed by atoms with Crippen molar-refractivity contribution < 1.29 is 29.0 Å². The first-order chi connectivity index (χ1) is 9.49. The van der Waals surface area contributed by atoms with Crippen LogP contribution in [-0.4, -0.2) is 56.0 Å².